The number of aliphatic hydroxyl groups is 2. The first kappa shape index (κ1) is 13.4. The number of carbonyl (C=O) groups excluding carboxylic acids is 1. The van der Waals surface area contributed by atoms with Crippen molar-refractivity contribution in [2.75, 3.05) is 12.7 Å². The van der Waals surface area contributed by atoms with Crippen molar-refractivity contribution in [1.82, 2.24) is 0 Å². The summed E-state index contributed by atoms with van der Waals surface area (Å²) in [5, 5.41) is 17.5. The smallest absolute Gasteiger partial charge is 0.199 e. The molecule has 1 atom stereocenters. The molecule has 0 aliphatic heterocycles. The van der Waals surface area contributed by atoms with Crippen molar-refractivity contribution in [1.29, 1.82) is 0 Å². The van der Waals surface area contributed by atoms with E-state index in [1.54, 1.807) is 13.8 Å². The molecule has 0 aromatic carbocycles. The molecule has 0 spiro atoms. The summed E-state index contributed by atoms with van der Waals surface area (Å²) in [7, 11) is -3.46. The monoisotopic (exact) mass is 218 g/mol. The molecule has 0 aliphatic carbocycles. The van der Waals surface area contributed by atoms with E-state index in [1.807, 2.05) is 0 Å². The fourth-order valence-electron chi connectivity index (χ4n) is 0.928. The summed E-state index contributed by atoms with van der Waals surface area (Å²) in [6.45, 7) is 3.24. The van der Waals surface area contributed by atoms with E-state index < -0.39 is 31.3 Å². The van der Waals surface area contributed by atoms with E-state index in [9.17, 15) is 9.36 Å². The van der Waals surface area contributed by atoms with Crippen LogP contribution in [0.5, 0.6) is 0 Å². The average molecular weight is 218 g/mol. The third-order valence-electron chi connectivity index (χ3n) is 1.87. The molecular formula is C9H15O4P. The lowest BCUT2D eigenvalue weighted by Crippen LogP contribution is -2.15. The van der Waals surface area contributed by atoms with Gasteiger partial charge in [-0.25, -0.2) is 0 Å². The molecule has 2 N–H and O–H groups in total. The van der Waals surface area contributed by atoms with Crippen LogP contribution in [0.25, 0.3) is 0 Å². The average Bonchev–Trinajstić information content (AvgIpc) is 2.23. The van der Waals surface area contributed by atoms with Crippen LogP contribution in [0.2, 0.25) is 0 Å². The number of hydrogen-bond acceptors (Lipinski definition) is 4. The Morgan fingerprint density at radius 2 is 1.93 bits per heavy atom. The molecule has 0 amide bonds. The Hall–Kier alpha value is -0.620. The third-order valence-corrected chi connectivity index (χ3v) is 4.02. The Balaban J connectivity index is 4.57. The zero-order valence-electron chi connectivity index (χ0n) is 8.36. The molecule has 0 heterocycles. The van der Waals surface area contributed by atoms with Gasteiger partial charge in [0.05, 0.1) is 0 Å². The first-order valence-electron chi connectivity index (χ1n) is 4.25. The number of aliphatic hydroxyl groups excluding tert-OH is 2. The van der Waals surface area contributed by atoms with Crippen LogP contribution < -0.4 is 0 Å². The highest BCUT2D eigenvalue weighted by Crippen LogP contribution is 2.46. The summed E-state index contributed by atoms with van der Waals surface area (Å²) in [5.74, 6) is 4.81. The SMILES string of the molecule is CC#CCC(C)C(=O)P(=O)(CO)CO. The fraction of sp³-hybridized carbons (Fsp3) is 0.667. The Kier molecular flexibility index (Phi) is 5.71. The summed E-state index contributed by atoms with van der Waals surface area (Å²) in [5.41, 5.74) is -0.578. The van der Waals surface area contributed by atoms with Gasteiger partial charge >= 0.3 is 0 Å². The molecule has 0 bridgehead atoms. The lowest BCUT2D eigenvalue weighted by atomic mass is 10.1. The van der Waals surface area contributed by atoms with E-state index in [4.69, 9.17) is 10.2 Å². The summed E-state index contributed by atoms with van der Waals surface area (Å²) < 4.78 is 11.6. The van der Waals surface area contributed by atoms with Gasteiger partial charge in [-0.15, -0.1) is 11.8 Å². The van der Waals surface area contributed by atoms with Crippen molar-refractivity contribution >= 4 is 12.7 Å². The molecule has 0 aromatic heterocycles. The van der Waals surface area contributed by atoms with Gasteiger partial charge < -0.3 is 14.8 Å². The van der Waals surface area contributed by atoms with Crippen molar-refractivity contribution in [3.8, 4) is 11.8 Å². The van der Waals surface area contributed by atoms with Crippen molar-refractivity contribution in [3.63, 3.8) is 0 Å². The molecule has 5 heteroatoms. The molecule has 0 radical (unpaired) electrons. The highest BCUT2D eigenvalue weighted by atomic mass is 31.2. The van der Waals surface area contributed by atoms with E-state index in [2.05, 4.69) is 11.8 Å². The van der Waals surface area contributed by atoms with Crippen LogP contribution in [0.3, 0.4) is 0 Å². The molecule has 14 heavy (non-hydrogen) atoms. The standard InChI is InChI=1S/C9H15O4P/c1-3-4-5-8(2)9(12)14(13,6-10)7-11/h8,10-11H,5-7H2,1-2H3. The molecule has 4 nitrogen and oxygen atoms in total. The predicted molar refractivity (Wildman–Crippen MR) is 54.0 cm³/mol. The van der Waals surface area contributed by atoms with Crippen LogP contribution in [0, 0.1) is 17.8 Å². The number of carbonyl (C=O) groups is 1. The van der Waals surface area contributed by atoms with Gasteiger partial charge in [-0.2, -0.15) is 0 Å². The van der Waals surface area contributed by atoms with Crippen molar-refractivity contribution in [2.45, 2.75) is 20.3 Å². The normalized spacial score (nSPS) is 12.9. The quantitative estimate of drug-likeness (QED) is 0.529. The molecule has 0 rings (SSSR count). The molecule has 80 valence electrons. The van der Waals surface area contributed by atoms with Crippen LogP contribution in [-0.4, -0.2) is 28.4 Å². The minimum Gasteiger partial charge on any atom is -0.388 e. The van der Waals surface area contributed by atoms with Crippen molar-refractivity contribution < 1.29 is 19.6 Å². The largest absolute Gasteiger partial charge is 0.388 e. The highest BCUT2D eigenvalue weighted by molar-refractivity contribution is 7.80. The zero-order chi connectivity index (χ0) is 11.2. The van der Waals surface area contributed by atoms with E-state index in [1.165, 1.54) is 0 Å². The summed E-state index contributed by atoms with van der Waals surface area (Å²) in [6.07, 6.45) is -1.24. The molecule has 0 aliphatic rings. The van der Waals surface area contributed by atoms with Crippen LogP contribution >= 0.6 is 7.14 Å². The molecule has 1 unspecified atom stereocenters. The second-order valence-corrected chi connectivity index (χ2v) is 5.83. The van der Waals surface area contributed by atoms with Gasteiger partial charge in [0.1, 0.15) is 12.7 Å². The summed E-state index contributed by atoms with van der Waals surface area (Å²) >= 11 is 0. The van der Waals surface area contributed by atoms with Gasteiger partial charge in [0.15, 0.2) is 12.7 Å². The lowest BCUT2D eigenvalue weighted by molar-refractivity contribution is -0.115. The van der Waals surface area contributed by atoms with Gasteiger partial charge in [0.25, 0.3) is 0 Å². The lowest BCUT2D eigenvalue weighted by Gasteiger charge is -2.14. The van der Waals surface area contributed by atoms with Crippen molar-refractivity contribution in [3.05, 3.63) is 0 Å². The zero-order valence-corrected chi connectivity index (χ0v) is 9.25. The van der Waals surface area contributed by atoms with Gasteiger partial charge in [0.2, 0.25) is 0 Å². The topological polar surface area (TPSA) is 74.6 Å². The first-order valence-corrected chi connectivity index (χ1v) is 6.33. The molecule has 0 fully saturated rings. The van der Waals surface area contributed by atoms with Crippen LogP contribution in [0.15, 0.2) is 0 Å². The minimum atomic E-state index is -3.46. The Morgan fingerprint density at radius 1 is 1.43 bits per heavy atom. The van der Waals surface area contributed by atoms with E-state index in [0.29, 0.717) is 6.42 Å². The van der Waals surface area contributed by atoms with Gasteiger partial charge in [-0.05, 0) is 6.92 Å². The van der Waals surface area contributed by atoms with E-state index >= 15 is 0 Å². The fourth-order valence-corrected chi connectivity index (χ4v) is 2.19. The molecule has 0 aromatic rings. The van der Waals surface area contributed by atoms with Crippen LogP contribution in [-0.2, 0) is 9.36 Å². The Morgan fingerprint density at radius 3 is 2.29 bits per heavy atom. The van der Waals surface area contributed by atoms with Crippen LogP contribution in [0.1, 0.15) is 20.3 Å². The third kappa shape index (κ3) is 3.26. The maximum absolute atomic E-state index is 11.6. The predicted octanol–water partition coefficient (Wildman–Crippen LogP) is 0.825. The summed E-state index contributed by atoms with van der Waals surface area (Å²) in [6, 6.07) is 0. The van der Waals surface area contributed by atoms with Gasteiger partial charge in [0, 0.05) is 12.3 Å². The maximum Gasteiger partial charge on any atom is 0.199 e. The second-order valence-electron chi connectivity index (χ2n) is 3.04. The molecule has 0 saturated heterocycles. The summed E-state index contributed by atoms with van der Waals surface area (Å²) in [4.78, 5) is 11.5. The Bertz CT molecular complexity index is 292. The van der Waals surface area contributed by atoms with Crippen LogP contribution in [0.4, 0.5) is 0 Å². The van der Waals surface area contributed by atoms with E-state index in [0.717, 1.165) is 0 Å². The Labute approximate surface area is 83.7 Å². The van der Waals surface area contributed by atoms with Gasteiger partial charge in [-0.1, -0.05) is 6.92 Å². The molecule has 0 saturated carbocycles. The highest BCUT2D eigenvalue weighted by Gasteiger charge is 2.33. The molecular weight excluding hydrogens is 203 g/mol. The van der Waals surface area contributed by atoms with Crippen molar-refractivity contribution in [2.24, 2.45) is 5.92 Å². The number of rotatable bonds is 5. The second kappa shape index (κ2) is 5.98. The maximum atomic E-state index is 11.6. The first-order chi connectivity index (χ1) is 6.51. The minimum absolute atomic E-state index is 0.305. The number of hydrogen-bond donors (Lipinski definition) is 2. The van der Waals surface area contributed by atoms with E-state index in [-0.39, 0.29) is 0 Å². The van der Waals surface area contributed by atoms with Gasteiger partial charge in [-0.3, -0.25) is 4.79 Å².